The predicted octanol–water partition coefficient (Wildman–Crippen LogP) is 0.558. The first-order valence-electron chi connectivity index (χ1n) is 10.3. The lowest BCUT2D eigenvalue weighted by molar-refractivity contribution is -0.312. The van der Waals surface area contributed by atoms with E-state index in [2.05, 4.69) is 10.6 Å². The third-order valence-electron chi connectivity index (χ3n) is 5.91. The van der Waals surface area contributed by atoms with Gasteiger partial charge in [0.15, 0.2) is 0 Å². The number of piperidine rings is 1. The number of carbonyl (C=O) groups excluding carboxylic acids is 4. The van der Waals surface area contributed by atoms with Crippen LogP contribution >= 0.6 is 0 Å². The van der Waals surface area contributed by atoms with E-state index >= 15 is 0 Å². The molecule has 1 aromatic carbocycles. The van der Waals surface area contributed by atoms with Crippen LogP contribution in [0.2, 0.25) is 0 Å². The highest BCUT2D eigenvalue weighted by Gasteiger charge is 2.35. The van der Waals surface area contributed by atoms with E-state index < -0.39 is 24.0 Å². The zero-order valence-electron chi connectivity index (χ0n) is 17.2. The number of aliphatic carboxylic acids is 1. The average Bonchev–Trinajstić information content (AvgIpc) is 2.75. The minimum atomic E-state index is -1.09. The minimum absolute atomic E-state index is 0.130. The number of hydrogen-bond acceptors (Lipinski definition) is 5. The van der Waals surface area contributed by atoms with E-state index in [-0.39, 0.29) is 24.3 Å². The van der Waals surface area contributed by atoms with Crippen LogP contribution in [0.15, 0.2) is 24.3 Å². The molecule has 4 amide bonds. The van der Waals surface area contributed by atoms with Gasteiger partial charge in [0, 0.05) is 25.0 Å². The molecule has 2 aliphatic heterocycles. The molecule has 0 aliphatic carbocycles. The van der Waals surface area contributed by atoms with Gasteiger partial charge in [0.2, 0.25) is 11.8 Å². The largest absolute Gasteiger partial charge is 0.550 e. The van der Waals surface area contributed by atoms with Crippen LogP contribution in [0.1, 0.15) is 33.1 Å². The Morgan fingerprint density at radius 2 is 1.90 bits per heavy atom. The number of fused-ring (bicyclic) bond motifs is 1. The fourth-order valence-corrected chi connectivity index (χ4v) is 3.84. The Balaban J connectivity index is 1.74. The molecule has 1 saturated heterocycles. The van der Waals surface area contributed by atoms with Crippen molar-refractivity contribution in [3.8, 4) is 0 Å². The third kappa shape index (κ3) is 4.55. The highest BCUT2D eigenvalue weighted by molar-refractivity contribution is 6.10. The maximum Gasteiger partial charge on any atom is 0.323 e. The molecule has 0 bridgehead atoms. The maximum atomic E-state index is 13.2. The molecule has 0 spiro atoms. The van der Waals surface area contributed by atoms with Crippen LogP contribution in [0.25, 0.3) is 0 Å². The van der Waals surface area contributed by atoms with Crippen molar-refractivity contribution in [2.24, 2.45) is 11.8 Å². The van der Waals surface area contributed by atoms with Crippen LogP contribution in [0.4, 0.5) is 16.2 Å². The van der Waals surface area contributed by atoms with Gasteiger partial charge in [0.1, 0.15) is 12.6 Å². The molecule has 0 radical (unpaired) electrons. The van der Waals surface area contributed by atoms with Gasteiger partial charge < -0.3 is 25.4 Å². The lowest BCUT2D eigenvalue weighted by atomic mass is 9.94. The Kier molecular flexibility index (Phi) is 6.59. The first-order chi connectivity index (χ1) is 14.3. The van der Waals surface area contributed by atoms with Crippen molar-refractivity contribution >= 4 is 35.2 Å². The number of benzene rings is 1. The van der Waals surface area contributed by atoms with Gasteiger partial charge in [0.05, 0.1) is 11.4 Å². The normalized spacial score (nSPS) is 18.8. The molecule has 2 atom stereocenters. The second-order valence-corrected chi connectivity index (χ2v) is 7.88. The number of hydrogen-bond donors (Lipinski definition) is 2. The van der Waals surface area contributed by atoms with Crippen molar-refractivity contribution in [3.63, 3.8) is 0 Å². The standard InChI is InChI=1S/C21H28N4O5/c1-3-13(2)18(19(27)24-10-8-14(9-11-24)20(28)29)23-21(30)25-12-17(26)22-15-6-4-5-7-16(15)25/h4-7,13-14,18H,3,8-12H2,1-2H3,(H,22,26)(H,23,30)(H,28,29)/p-1/t13-,18-/m0/s1. The monoisotopic (exact) mass is 415 g/mol. The smallest absolute Gasteiger partial charge is 0.323 e. The first kappa shape index (κ1) is 21.6. The zero-order chi connectivity index (χ0) is 21.8. The summed E-state index contributed by atoms with van der Waals surface area (Å²) >= 11 is 0. The summed E-state index contributed by atoms with van der Waals surface area (Å²) in [5, 5.41) is 16.6. The van der Waals surface area contributed by atoms with Crippen molar-refractivity contribution in [3.05, 3.63) is 24.3 Å². The summed E-state index contributed by atoms with van der Waals surface area (Å²) in [4.78, 5) is 52.2. The third-order valence-corrected chi connectivity index (χ3v) is 5.91. The number of anilines is 2. The summed E-state index contributed by atoms with van der Waals surface area (Å²) in [6.45, 7) is 4.31. The number of likely N-dealkylation sites (tertiary alicyclic amines) is 1. The van der Waals surface area contributed by atoms with Crippen LogP contribution in [-0.2, 0) is 14.4 Å². The number of amides is 4. The number of para-hydroxylation sites is 2. The van der Waals surface area contributed by atoms with Crippen LogP contribution in [0.5, 0.6) is 0 Å². The summed E-state index contributed by atoms with van der Waals surface area (Å²) in [7, 11) is 0. The molecule has 3 rings (SSSR count). The van der Waals surface area contributed by atoms with E-state index in [1.54, 1.807) is 29.2 Å². The first-order valence-corrected chi connectivity index (χ1v) is 10.3. The molecule has 1 aromatic rings. The fraction of sp³-hybridized carbons (Fsp3) is 0.524. The van der Waals surface area contributed by atoms with E-state index in [0.717, 1.165) is 0 Å². The van der Waals surface area contributed by atoms with Crippen molar-refractivity contribution < 1.29 is 24.3 Å². The van der Waals surface area contributed by atoms with Gasteiger partial charge in [0.25, 0.3) is 0 Å². The average molecular weight is 415 g/mol. The number of rotatable bonds is 5. The molecule has 162 valence electrons. The Morgan fingerprint density at radius 3 is 2.53 bits per heavy atom. The van der Waals surface area contributed by atoms with Crippen molar-refractivity contribution in [1.29, 1.82) is 0 Å². The van der Waals surface area contributed by atoms with Gasteiger partial charge >= 0.3 is 6.03 Å². The Labute approximate surface area is 175 Å². The minimum Gasteiger partial charge on any atom is -0.550 e. The number of carboxylic acid groups (broad SMARTS) is 1. The quantitative estimate of drug-likeness (QED) is 0.728. The number of carbonyl (C=O) groups is 4. The van der Waals surface area contributed by atoms with Crippen LogP contribution in [-0.4, -0.2) is 54.4 Å². The summed E-state index contributed by atoms with van der Waals surface area (Å²) in [6.07, 6.45) is 1.35. The maximum absolute atomic E-state index is 13.2. The number of nitrogens with zero attached hydrogens (tertiary/aromatic N) is 2. The van der Waals surface area contributed by atoms with Gasteiger partial charge in [-0.3, -0.25) is 14.5 Å². The highest BCUT2D eigenvalue weighted by Crippen LogP contribution is 2.29. The predicted molar refractivity (Wildman–Crippen MR) is 109 cm³/mol. The lowest BCUT2D eigenvalue weighted by Crippen LogP contribution is -2.57. The molecule has 30 heavy (non-hydrogen) atoms. The SMILES string of the molecule is CC[C@H](C)[C@H](NC(=O)N1CC(=O)Nc2ccccc21)C(=O)N1CCC(C(=O)[O-])CC1. The van der Waals surface area contributed by atoms with Gasteiger partial charge in [-0.15, -0.1) is 0 Å². The second kappa shape index (κ2) is 9.15. The number of urea groups is 1. The van der Waals surface area contributed by atoms with Crippen molar-refractivity contribution in [2.75, 3.05) is 29.9 Å². The van der Waals surface area contributed by atoms with Gasteiger partial charge in [-0.2, -0.15) is 0 Å². The lowest BCUT2D eigenvalue weighted by Gasteiger charge is -2.37. The Morgan fingerprint density at radius 1 is 1.23 bits per heavy atom. The van der Waals surface area contributed by atoms with E-state index in [4.69, 9.17) is 0 Å². The van der Waals surface area contributed by atoms with Gasteiger partial charge in [-0.25, -0.2) is 4.79 Å². The molecule has 1 fully saturated rings. The van der Waals surface area contributed by atoms with Crippen LogP contribution in [0, 0.1) is 11.8 Å². The Hall–Kier alpha value is -3.10. The zero-order valence-corrected chi connectivity index (χ0v) is 17.2. The van der Waals surface area contributed by atoms with Gasteiger partial charge in [-0.1, -0.05) is 32.4 Å². The van der Waals surface area contributed by atoms with Gasteiger partial charge in [-0.05, 0) is 30.9 Å². The topological polar surface area (TPSA) is 122 Å². The summed E-state index contributed by atoms with van der Waals surface area (Å²) in [5.41, 5.74) is 1.11. The molecule has 2 heterocycles. The summed E-state index contributed by atoms with van der Waals surface area (Å²) < 4.78 is 0. The summed E-state index contributed by atoms with van der Waals surface area (Å²) in [5.74, 6) is -2.30. The molecule has 2 aliphatic rings. The van der Waals surface area contributed by atoms with Crippen molar-refractivity contribution in [2.45, 2.75) is 39.2 Å². The van der Waals surface area contributed by atoms with E-state index in [9.17, 15) is 24.3 Å². The number of carboxylic acids is 1. The molecule has 9 nitrogen and oxygen atoms in total. The molecule has 0 aromatic heterocycles. The van der Waals surface area contributed by atoms with Crippen LogP contribution < -0.4 is 20.6 Å². The molecular formula is C21H27N4O5-. The van der Waals surface area contributed by atoms with Crippen LogP contribution in [0.3, 0.4) is 0 Å². The molecular weight excluding hydrogens is 388 g/mol. The number of nitrogens with one attached hydrogen (secondary N) is 2. The fourth-order valence-electron chi connectivity index (χ4n) is 3.84. The van der Waals surface area contributed by atoms with E-state index in [0.29, 0.717) is 43.7 Å². The van der Waals surface area contributed by atoms with E-state index in [1.807, 2.05) is 13.8 Å². The van der Waals surface area contributed by atoms with E-state index in [1.165, 1.54) is 4.90 Å². The molecule has 2 N–H and O–H groups in total. The Bertz CT molecular complexity index is 834. The molecule has 0 saturated carbocycles. The molecule has 0 unspecified atom stereocenters. The highest BCUT2D eigenvalue weighted by atomic mass is 16.4. The molecule has 9 heteroatoms. The summed E-state index contributed by atoms with van der Waals surface area (Å²) in [6, 6.07) is 5.71. The van der Waals surface area contributed by atoms with Crippen molar-refractivity contribution in [1.82, 2.24) is 10.2 Å². The second-order valence-electron chi connectivity index (χ2n) is 7.88.